The fourth-order valence-electron chi connectivity index (χ4n) is 2.98. The van der Waals surface area contributed by atoms with Crippen LogP contribution in [0.4, 0.5) is 0 Å². The topological polar surface area (TPSA) is 17.1 Å². The highest BCUT2D eigenvalue weighted by molar-refractivity contribution is 8.00. The second-order valence-electron chi connectivity index (χ2n) is 5.36. The van der Waals surface area contributed by atoms with E-state index in [2.05, 4.69) is 0 Å². The van der Waals surface area contributed by atoms with Gasteiger partial charge in [0.2, 0.25) is 0 Å². The number of Topliss-reactive ketones (excluding diaryl/α,β-unsaturated/α-hetero) is 1. The van der Waals surface area contributed by atoms with Crippen LogP contribution in [0, 0.1) is 5.92 Å². The molecule has 2 fully saturated rings. The first-order valence-corrected chi connectivity index (χ1v) is 8.05. The summed E-state index contributed by atoms with van der Waals surface area (Å²) in [6.45, 7) is 0. The molecule has 2 rings (SSSR count). The van der Waals surface area contributed by atoms with Gasteiger partial charge in [-0.1, -0.05) is 38.5 Å². The molecule has 92 valence electrons. The molecule has 0 aromatic carbocycles. The highest BCUT2D eigenvalue weighted by Crippen LogP contribution is 2.30. The summed E-state index contributed by atoms with van der Waals surface area (Å²) in [6.07, 6.45) is 13.0. The average Bonchev–Trinajstić information content (AvgIpc) is 2.33. The largest absolute Gasteiger partial charge is 0.298 e. The van der Waals surface area contributed by atoms with Crippen LogP contribution < -0.4 is 0 Å². The van der Waals surface area contributed by atoms with Crippen molar-refractivity contribution in [3.05, 3.63) is 0 Å². The van der Waals surface area contributed by atoms with Crippen LogP contribution in [-0.4, -0.2) is 16.8 Å². The predicted molar refractivity (Wildman–Crippen MR) is 70.9 cm³/mol. The average molecular weight is 240 g/mol. The predicted octanol–water partition coefficient (Wildman–Crippen LogP) is 4.20. The molecule has 0 aliphatic heterocycles. The normalized spacial score (nSPS) is 28.2. The highest BCUT2D eigenvalue weighted by atomic mass is 32.2. The third-order valence-corrected chi connectivity index (χ3v) is 5.44. The summed E-state index contributed by atoms with van der Waals surface area (Å²) in [6, 6.07) is 0. The van der Waals surface area contributed by atoms with Crippen LogP contribution >= 0.6 is 11.8 Å². The Morgan fingerprint density at radius 3 is 2.50 bits per heavy atom. The van der Waals surface area contributed by atoms with Gasteiger partial charge in [-0.05, 0) is 30.9 Å². The third-order valence-electron chi connectivity index (χ3n) is 4.07. The van der Waals surface area contributed by atoms with Gasteiger partial charge in [0.1, 0.15) is 5.78 Å². The molecule has 1 nitrogen and oxygen atoms in total. The van der Waals surface area contributed by atoms with Crippen LogP contribution in [0.2, 0.25) is 0 Å². The van der Waals surface area contributed by atoms with Gasteiger partial charge in [-0.3, -0.25) is 4.79 Å². The van der Waals surface area contributed by atoms with Crippen LogP contribution in [0.3, 0.4) is 0 Å². The van der Waals surface area contributed by atoms with E-state index in [-0.39, 0.29) is 0 Å². The monoisotopic (exact) mass is 240 g/mol. The molecule has 1 atom stereocenters. The summed E-state index contributed by atoms with van der Waals surface area (Å²) >= 11 is 1.95. The van der Waals surface area contributed by atoms with Crippen LogP contribution in [0.15, 0.2) is 0 Å². The van der Waals surface area contributed by atoms with Crippen molar-refractivity contribution in [3.63, 3.8) is 0 Å². The van der Waals surface area contributed by atoms with Gasteiger partial charge in [0.05, 0.1) is 5.25 Å². The lowest BCUT2D eigenvalue weighted by atomic mass is 9.88. The van der Waals surface area contributed by atoms with Gasteiger partial charge in [-0.2, -0.15) is 11.8 Å². The maximum atomic E-state index is 11.7. The lowest BCUT2D eigenvalue weighted by molar-refractivity contribution is -0.119. The molecular formula is C14H24OS. The second-order valence-corrected chi connectivity index (χ2v) is 6.67. The van der Waals surface area contributed by atoms with Crippen molar-refractivity contribution in [3.8, 4) is 0 Å². The Kier molecular flexibility index (Phi) is 5.21. The van der Waals surface area contributed by atoms with Crippen LogP contribution in [0.1, 0.15) is 64.2 Å². The van der Waals surface area contributed by atoms with E-state index in [1.807, 2.05) is 11.8 Å². The Balaban J connectivity index is 1.61. The fraction of sp³-hybridized carbons (Fsp3) is 0.929. The minimum absolute atomic E-state index is 0.359. The van der Waals surface area contributed by atoms with Crippen molar-refractivity contribution in [1.29, 1.82) is 0 Å². The summed E-state index contributed by atoms with van der Waals surface area (Å²) in [4.78, 5) is 11.7. The molecule has 0 N–H and O–H groups in total. The summed E-state index contributed by atoms with van der Waals surface area (Å²) < 4.78 is 0. The molecule has 0 radical (unpaired) electrons. The first-order chi connectivity index (χ1) is 7.86. The van der Waals surface area contributed by atoms with Gasteiger partial charge >= 0.3 is 0 Å². The molecule has 0 heterocycles. The number of hydrogen-bond donors (Lipinski definition) is 0. The molecule has 0 amide bonds. The van der Waals surface area contributed by atoms with E-state index in [1.54, 1.807) is 0 Å². The minimum Gasteiger partial charge on any atom is -0.298 e. The Hall–Kier alpha value is 0.0200. The molecule has 0 aromatic heterocycles. The standard InChI is InChI=1S/C14H24OS/c15-13-8-4-5-9-14(13)16-11-10-12-6-2-1-3-7-12/h12,14H,1-11H2. The number of hydrogen-bond acceptors (Lipinski definition) is 2. The van der Waals surface area contributed by atoms with Crippen molar-refractivity contribution in [2.24, 2.45) is 5.92 Å². The van der Waals surface area contributed by atoms with Crippen molar-refractivity contribution in [1.82, 2.24) is 0 Å². The van der Waals surface area contributed by atoms with E-state index < -0.39 is 0 Å². The Labute approximate surface area is 104 Å². The van der Waals surface area contributed by atoms with E-state index in [0.29, 0.717) is 11.0 Å². The molecule has 0 aromatic rings. The number of ketones is 1. The minimum atomic E-state index is 0.359. The zero-order chi connectivity index (χ0) is 11.2. The van der Waals surface area contributed by atoms with E-state index in [0.717, 1.165) is 25.2 Å². The molecule has 2 aliphatic rings. The molecular weight excluding hydrogens is 216 g/mol. The SMILES string of the molecule is O=C1CCCCC1SCCC1CCCCC1. The lowest BCUT2D eigenvalue weighted by Crippen LogP contribution is -2.22. The third kappa shape index (κ3) is 3.80. The molecule has 2 aliphatic carbocycles. The maximum absolute atomic E-state index is 11.7. The van der Waals surface area contributed by atoms with E-state index in [9.17, 15) is 4.79 Å². The van der Waals surface area contributed by atoms with Crippen molar-refractivity contribution < 1.29 is 4.79 Å². The van der Waals surface area contributed by atoms with Gasteiger partial charge in [0.25, 0.3) is 0 Å². The number of thioether (sulfide) groups is 1. The van der Waals surface area contributed by atoms with Crippen molar-refractivity contribution in [2.75, 3.05) is 5.75 Å². The second kappa shape index (κ2) is 6.68. The number of rotatable bonds is 4. The van der Waals surface area contributed by atoms with Crippen LogP contribution in [-0.2, 0) is 4.79 Å². The van der Waals surface area contributed by atoms with Gasteiger partial charge in [-0.25, -0.2) is 0 Å². The van der Waals surface area contributed by atoms with Gasteiger partial charge in [-0.15, -0.1) is 0 Å². The molecule has 0 spiro atoms. The van der Waals surface area contributed by atoms with Gasteiger partial charge in [0.15, 0.2) is 0 Å². The smallest absolute Gasteiger partial charge is 0.145 e. The summed E-state index contributed by atoms with van der Waals surface area (Å²) in [7, 11) is 0. The molecule has 0 saturated heterocycles. The highest BCUT2D eigenvalue weighted by Gasteiger charge is 2.22. The lowest BCUT2D eigenvalue weighted by Gasteiger charge is -2.23. The first-order valence-electron chi connectivity index (χ1n) is 7.00. The quantitative estimate of drug-likeness (QED) is 0.732. The van der Waals surface area contributed by atoms with Crippen molar-refractivity contribution >= 4 is 17.5 Å². The van der Waals surface area contributed by atoms with Gasteiger partial charge in [0, 0.05) is 6.42 Å². The number of carbonyl (C=O) groups is 1. The van der Waals surface area contributed by atoms with E-state index in [1.165, 1.54) is 50.7 Å². The maximum Gasteiger partial charge on any atom is 0.145 e. The zero-order valence-electron chi connectivity index (χ0n) is 10.2. The fourth-order valence-corrected chi connectivity index (χ4v) is 4.37. The summed E-state index contributed by atoms with van der Waals surface area (Å²) in [5.74, 6) is 2.72. The number of carbonyl (C=O) groups excluding carboxylic acids is 1. The zero-order valence-corrected chi connectivity index (χ0v) is 11.1. The molecule has 2 heteroatoms. The van der Waals surface area contributed by atoms with Crippen molar-refractivity contribution in [2.45, 2.75) is 69.5 Å². The summed E-state index contributed by atoms with van der Waals surface area (Å²) in [5, 5.41) is 0.359. The van der Waals surface area contributed by atoms with E-state index in [4.69, 9.17) is 0 Å². The molecule has 16 heavy (non-hydrogen) atoms. The van der Waals surface area contributed by atoms with Gasteiger partial charge < -0.3 is 0 Å². The van der Waals surface area contributed by atoms with E-state index >= 15 is 0 Å². The molecule has 1 unspecified atom stereocenters. The molecule has 2 saturated carbocycles. The Morgan fingerprint density at radius 1 is 1.00 bits per heavy atom. The molecule has 0 bridgehead atoms. The Bertz CT molecular complexity index is 221. The first kappa shape index (κ1) is 12.5. The van der Waals surface area contributed by atoms with Crippen LogP contribution in [0.25, 0.3) is 0 Å². The summed E-state index contributed by atoms with van der Waals surface area (Å²) in [5.41, 5.74) is 0. The van der Waals surface area contributed by atoms with Crippen LogP contribution in [0.5, 0.6) is 0 Å². The Morgan fingerprint density at radius 2 is 1.75 bits per heavy atom.